The van der Waals surface area contributed by atoms with Gasteiger partial charge in [-0.15, -0.1) is 0 Å². The molecule has 1 saturated carbocycles. The molecule has 1 aromatic heterocycles. The second-order valence-electron chi connectivity index (χ2n) is 5.40. The van der Waals surface area contributed by atoms with E-state index in [9.17, 15) is 0 Å². The van der Waals surface area contributed by atoms with Gasteiger partial charge in [-0.1, -0.05) is 0 Å². The lowest BCUT2D eigenvalue weighted by Crippen LogP contribution is -2.44. The Kier molecular flexibility index (Phi) is 3.37. The van der Waals surface area contributed by atoms with Gasteiger partial charge in [0.05, 0.1) is 0 Å². The number of aromatic nitrogens is 1. The standard InChI is InChI=1S/C14H22N4/c1-11-9-13(16-12-3-2-4-12)17-14(10-11)18-7-5-15-6-8-18/h9-10,12,15H,2-8H2,1H3,(H,16,17). The number of hydrogen-bond donors (Lipinski definition) is 2. The highest BCUT2D eigenvalue weighted by atomic mass is 15.2. The van der Waals surface area contributed by atoms with Crippen LogP contribution in [-0.4, -0.2) is 37.2 Å². The van der Waals surface area contributed by atoms with Gasteiger partial charge in [0.25, 0.3) is 0 Å². The summed E-state index contributed by atoms with van der Waals surface area (Å²) in [5, 5.41) is 6.92. The largest absolute Gasteiger partial charge is 0.367 e. The molecule has 0 atom stereocenters. The predicted molar refractivity (Wildman–Crippen MR) is 75.3 cm³/mol. The summed E-state index contributed by atoms with van der Waals surface area (Å²) in [6, 6.07) is 5.00. The van der Waals surface area contributed by atoms with Crippen LogP contribution in [0, 0.1) is 6.92 Å². The summed E-state index contributed by atoms with van der Waals surface area (Å²) in [7, 11) is 0. The quantitative estimate of drug-likeness (QED) is 0.852. The van der Waals surface area contributed by atoms with E-state index in [0.717, 1.165) is 37.8 Å². The van der Waals surface area contributed by atoms with Crippen LogP contribution in [0.15, 0.2) is 12.1 Å². The van der Waals surface area contributed by atoms with Gasteiger partial charge in [-0.25, -0.2) is 4.98 Å². The van der Waals surface area contributed by atoms with Gasteiger partial charge < -0.3 is 15.5 Å². The van der Waals surface area contributed by atoms with Crippen LogP contribution in [0.1, 0.15) is 24.8 Å². The first-order valence-electron chi connectivity index (χ1n) is 7.02. The molecule has 1 saturated heterocycles. The summed E-state index contributed by atoms with van der Waals surface area (Å²) in [5.41, 5.74) is 1.29. The summed E-state index contributed by atoms with van der Waals surface area (Å²) in [5.74, 6) is 2.17. The summed E-state index contributed by atoms with van der Waals surface area (Å²) in [4.78, 5) is 7.14. The monoisotopic (exact) mass is 246 g/mol. The summed E-state index contributed by atoms with van der Waals surface area (Å²) in [6.45, 7) is 6.37. The lowest BCUT2D eigenvalue weighted by Gasteiger charge is -2.30. The fourth-order valence-corrected chi connectivity index (χ4v) is 2.54. The smallest absolute Gasteiger partial charge is 0.131 e. The van der Waals surface area contributed by atoms with Crippen molar-refractivity contribution in [2.75, 3.05) is 36.4 Å². The highest BCUT2D eigenvalue weighted by Gasteiger charge is 2.18. The zero-order valence-electron chi connectivity index (χ0n) is 11.1. The van der Waals surface area contributed by atoms with Crippen molar-refractivity contribution in [1.82, 2.24) is 10.3 Å². The first-order chi connectivity index (χ1) is 8.81. The van der Waals surface area contributed by atoms with Crippen LogP contribution in [0.25, 0.3) is 0 Å². The van der Waals surface area contributed by atoms with Crippen LogP contribution in [0.2, 0.25) is 0 Å². The van der Waals surface area contributed by atoms with Crippen LogP contribution < -0.4 is 15.5 Å². The molecular weight excluding hydrogens is 224 g/mol. The lowest BCUT2D eigenvalue weighted by molar-refractivity contribution is 0.444. The van der Waals surface area contributed by atoms with E-state index < -0.39 is 0 Å². The Balaban J connectivity index is 1.75. The molecule has 2 aliphatic rings. The number of anilines is 2. The molecular formula is C14H22N4. The SMILES string of the molecule is Cc1cc(NC2CCC2)nc(N2CCNCC2)c1. The maximum Gasteiger partial charge on any atom is 0.131 e. The number of rotatable bonds is 3. The minimum atomic E-state index is 0.648. The van der Waals surface area contributed by atoms with E-state index in [4.69, 9.17) is 4.98 Å². The molecule has 0 aromatic carbocycles. The molecule has 0 bridgehead atoms. The van der Waals surface area contributed by atoms with Crippen molar-refractivity contribution in [1.29, 1.82) is 0 Å². The third-order valence-electron chi connectivity index (χ3n) is 3.85. The van der Waals surface area contributed by atoms with Crippen molar-refractivity contribution in [3.05, 3.63) is 17.7 Å². The third kappa shape index (κ3) is 2.58. The van der Waals surface area contributed by atoms with E-state index >= 15 is 0 Å². The van der Waals surface area contributed by atoms with Crippen molar-refractivity contribution < 1.29 is 0 Å². The van der Waals surface area contributed by atoms with Gasteiger partial charge in [0.2, 0.25) is 0 Å². The molecule has 2 heterocycles. The van der Waals surface area contributed by atoms with Crippen molar-refractivity contribution in [2.45, 2.75) is 32.2 Å². The topological polar surface area (TPSA) is 40.2 Å². The van der Waals surface area contributed by atoms with E-state index in [0.29, 0.717) is 6.04 Å². The Morgan fingerprint density at radius 2 is 2.06 bits per heavy atom. The van der Waals surface area contributed by atoms with Gasteiger partial charge in [-0.05, 0) is 43.9 Å². The van der Waals surface area contributed by atoms with E-state index in [-0.39, 0.29) is 0 Å². The van der Waals surface area contributed by atoms with E-state index in [2.05, 4.69) is 34.6 Å². The Morgan fingerprint density at radius 3 is 2.72 bits per heavy atom. The molecule has 0 spiro atoms. The van der Waals surface area contributed by atoms with Crippen LogP contribution in [0.3, 0.4) is 0 Å². The number of hydrogen-bond acceptors (Lipinski definition) is 4. The Morgan fingerprint density at radius 1 is 1.28 bits per heavy atom. The van der Waals surface area contributed by atoms with Crippen molar-refractivity contribution in [2.24, 2.45) is 0 Å². The van der Waals surface area contributed by atoms with E-state index in [1.54, 1.807) is 0 Å². The van der Waals surface area contributed by atoms with Crippen LogP contribution in [0.4, 0.5) is 11.6 Å². The zero-order chi connectivity index (χ0) is 12.4. The molecule has 0 unspecified atom stereocenters. The number of nitrogens with one attached hydrogen (secondary N) is 2. The second kappa shape index (κ2) is 5.14. The van der Waals surface area contributed by atoms with Gasteiger partial charge in [0.1, 0.15) is 11.6 Å². The first-order valence-corrected chi connectivity index (χ1v) is 7.02. The second-order valence-corrected chi connectivity index (χ2v) is 5.40. The van der Waals surface area contributed by atoms with Crippen molar-refractivity contribution in [3.63, 3.8) is 0 Å². The fourth-order valence-electron chi connectivity index (χ4n) is 2.54. The van der Waals surface area contributed by atoms with Crippen LogP contribution >= 0.6 is 0 Å². The van der Waals surface area contributed by atoms with Gasteiger partial charge in [-0.3, -0.25) is 0 Å². The predicted octanol–water partition coefficient (Wildman–Crippen LogP) is 1.76. The number of nitrogens with zero attached hydrogens (tertiary/aromatic N) is 2. The first kappa shape index (κ1) is 11.8. The van der Waals surface area contributed by atoms with Gasteiger partial charge in [0, 0.05) is 32.2 Å². The molecule has 18 heavy (non-hydrogen) atoms. The zero-order valence-corrected chi connectivity index (χ0v) is 11.1. The molecule has 0 radical (unpaired) electrons. The average Bonchev–Trinajstić information content (AvgIpc) is 2.34. The van der Waals surface area contributed by atoms with E-state index in [1.165, 1.54) is 24.8 Å². The van der Waals surface area contributed by atoms with Gasteiger partial charge in [-0.2, -0.15) is 0 Å². The summed E-state index contributed by atoms with van der Waals surface area (Å²) in [6.07, 6.45) is 3.94. The molecule has 3 rings (SSSR count). The van der Waals surface area contributed by atoms with Crippen LogP contribution in [0.5, 0.6) is 0 Å². The highest BCUT2D eigenvalue weighted by molar-refractivity contribution is 5.51. The Bertz CT molecular complexity index is 408. The van der Waals surface area contributed by atoms with Crippen molar-refractivity contribution >= 4 is 11.6 Å². The number of pyridine rings is 1. The molecule has 4 nitrogen and oxygen atoms in total. The van der Waals surface area contributed by atoms with E-state index in [1.807, 2.05) is 0 Å². The summed E-state index contributed by atoms with van der Waals surface area (Å²) >= 11 is 0. The molecule has 1 aliphatic carbocycles. The Hall–Kier alpha value is -1.29. The Labute approximate surface area is 109 Å². The molecule has 1 aromatic rings. The molecule has 0 amide bonds. The van der Waals surface area contributed by atoms with Gasteiger partial charge in [0.15, 0.2) is 0 Å². The number of aryl methyl sites for hydroxylation is 1. The summed E-state index contributed by atoms with van der Waals surface area (Å²) < 4.78 is 0. The van der Waals surface area contributed by atoms with Crippen LogP contribution in [-0.2, 0) is 0 Å². The minimum absolute atomic E-state index is 0.648. The number of piperazine rings is 1. The van der Waals surface area contributed by atoms with Gasteiger partial charge >= 0.3 is 0 Å². The van der Waals surface area contributed by atoms with Crippen molar-refractivity contribution in [3.8, 4) is 0 Å². The highest BCUT2D eigenvalue weighted by Crippen LogP contribution is 2.24. The molecule has 98 valence electrons. The normalized spacial score (nSPS) is 20.6. The molecule has 1 aliphatic heterocycles. The molecule has 4 heteroatoms. The lowest BCUT2D eigenvalue weighted by atomic mass is 9.93. The molecule has 2 fully saturated rings. The fraction of sp³-hybridized carbons (Fsp3) is 0.643. The maximum atomic E-state index is 4.77. The average molecular weight is 246 g/mol. The minimum Gasteiger partial charge on any atom is -0.367 e. The maximum absolute atomic E-state index is 4.77. The molecule has 2 N–H and O–H groups in total. The third-order valence-corrected chi connectivity index (χ3v) is 3.85.